The van der Waals surface area contributed by atoms with Crippen LogP contribution >= 0.6 is 0 Å². The molecule has 21 heavy (non-hydrogen) atoms. The van der Waals surface area contributed by atoms with Gasteiger partial charge in [-0.05, 0) is 63.5 Å². The van der Waals surface area contributed by atoms with Crippen LogP contribution in [0.3, 0.4) is 0 Å². The van der Waals surface area contributed by atoms with Crippen molar-refractivity contribution in [2.75, 3.05) is 33.3 Å². The molecule has 0 aromatic heterocycles. The Morgan fingerprint density at radius 3 is 2.67 bits per heavy atom. The molecule has 1 aliphatic rings. The number of likely N-dealkylation sites (N-methyl/N-ethyl adjacent to an activating group) is 1. The summed E-state index contributed by atoms with van der Waals surface area (Å²) in [5.41, 5.74) is 2.36. The molecule has 1 heterocycles. The van der Waals surface area contributed by atoms with Crippen LogP contribution in [0.15, 0.2) is 18.2 Å². The highest BCUT2D eigenvalue weighted by Crippen LogP contribution is 2.16. The molecule has 0 saturated carbocycles. The van der Waals surface area contributed by atoms with E-state index in [0.29, 0.717) is 19.2 Å². The topological polar surface area (TPSA) is 44.7 Å². The van der Waals surface area contributed by atoms with Gasteiger partial charge in [0.05, 0.1) is 0 Å². The van der Waals surface area contributed by atoms with Crippen LogP contribution in [0.2, 0.25) is 0 Å². The van der Waals surface area contributed by atoms with Crippen LogP contribution in [0.1, 0.15) is 24.0 Å². The van der Waals surface area contributed by atoms with Crippen LogP contribution < -0.4 is 10.1 Å². The number of aliphatic hydroxyl groups is 1. The molecule has 2 unspecified atom stereocenters. The number of nitrogens with one attached hydrogen (secondary N) is 1. The first-order chi connectivity index (χ1) is 10.0. The van der Waals surface area contributed by atoms with Gasteiger partial charge in [0.15, 0.2) is 0 Å². The summed E-state index contributed by atoms with van der Waals surface area (Å²) in [6.07, 6.45) is 2.05. The molecule has 0 bridgehead atoms. The lowest BCUT2D eigenvalue weighted by Crippen LogP contribution is -2.39. The Kier molecular flexibility index (Phi) is 6.03. The normalized spacial score (nSPS) is 20.7. The summed E-state index contributed by atoms with van der Waals surface area (Å²) in [7, 11) is 2.17. The molecule has 1 aromatic rings. The van der Waals surface area contributed by atoms with Gasteiger partial charge in [0.2, 0.25) is 0 Å². The van der Waals surface area contributed by atoms with Crippen molar-refractivity contribution in [2.24, 2.45) is 0 Å². The number of rotatable bonds is 7. The second-order valence-corrected chi connectivity index (χ2v) is 6.22. The van der Waals surface area contributed by atoms with Gasteiger partial charge in [-0.15, -0.1) is 0 Å². The van der Waals surface area contributed by atoms with Crippen molar-refractivity contribution in [1.82, 2.24) is 10.2 Å². The molecule has 2 N–H and O–H groups in total. The molecule has 0 aliphatic carbocycles. The molecule has 0 spiro atoms. The van der Waals surface area contributed by atoms with E-state index in [1.807, 2.05) is 12.1 Å². The average Bonchev–Trinajstić information content (AvgIpc) is 2.81. The molecular formula is C17H28N2O2. The molecule has 118 valence electrons. The molecule has 0 radical (unpaired) electrons. The van der Waals surface area contributed by atoms with Crippen LogP contribution in [0, 0.1) is 13.8 Å². The second-order valence-electron chi connectivity index (χ2n) is 6.22. The minimum absolute atomic E-state index is 0.330. The van der Waals surface area contributed by atoms with Crippen LogP contribution in [0.5, 0.6) is 5.75 Å². The molecule has 1 aliphatic heterocycles. The SMILES string of the molecule is Cc1cc(C)cc(OCC(O)CNCC2CCCN2C)c1. The third-order valence-electron chi connectivity index (χ3n) is 4.07. The van der Waals surface area contributed by atoms with Gasteiger partial charge in [0, 0.05) is 19.1 Å². The van der Waals surface area contributed by atoms with E-state index in [9.17, 15) is 5.11 Å². The summed E-state index contributed by atoms with van der Waals surface area (Å²) in [6, 6.07) is 6.72. The number of aryl methyl sites for hydroxylation is 2. The number of benzene rings is 1. The summed E-state index contributed by atoms with van der Waals surface area (Å²) in [6.45, 7) is 7.14. The van der Waals surface area contributed by atoms with Crippen LogP contribution in [0.4, 0.5) is 0 Å². The Labute approximate surface area is 128 Å². The van der Waals surface area contributed by atoms with Crippen molar-refractivity contribution in [3.05, 3.63) is 29.3 Å². The first-order valence-electron chi connectivity index (χ1n) is 7.84. The third-order valence-corrected chi connectivity index (χ3v) is 4.07. The van der Waals surface area contributed by atoms with Gasteiger partial charge in [-0.1, -0.05) is 6.07 Å². The van der Waals surface area contributed by atoms with Crippen LogP contribution in [0.25, 0.3) is 0 Å². The summed E-state index contributed by atoms with van der Waals surface area (Å²) < 4.78 is 5.67. The molecule has 4 nitrogen and oxygen atoms in total. The van der Waals surface area contributed by atoms with Crippen LogP contribution in [-0.2, 0) is 0 Å². The fourth-order valence-electron chi connectivity index (χ4n) is 2.92. The maximum atomic E-state index is 9.99. The number of likely N-dealkylation sites (tertiary alicyclic amines) is 1. The molecule has 0 amide bonds. The highest BCUT2D eigenvalue weighted by Gasteiger charge is 2.20. The molecular weight excluding hydrogens is 264 g/mol. The molecule has 4 heteroatoms. The number of hydrogen-bond donors (Lipinski definition) is 2. The fraction of sp³-hybridized carbons (Fsp3) is 0.647. The van der Waals surface area contributed by atoms with Crippen molar-refractivity contribution >= 4 is 0 Å². The lowest BCUT2D eigenvalue weighted by molar-refractivity contribution is 0.105. The van der Waals surface area contributed by atoms with E-state index in [4.69, 9.17) is 4.74 Å². The highest BCUT2D eigenvalue weighted by molar-refractivity contribution is 5.32. The van der Waals surface area contributed by atoms with E-state index < -0.39 is 6.10 Å². The van der Waals surface area contributed by atoms with Crippen molar-refractivity contribution < 1.29 is 9.84 Å². The Balaban J connectivity index is 1.66. The van der Waals surface area contributed by atoms with Gasteiger partial charge in [0.25, 0.3) is 0 Å². The Morgan fingerprint density at radius 1 is 1.33 bits per heavy atom. The first-order valence-corrected chi connectivity index (χ1v) is 7.84. The minimum Gasteiger partial charge on any atom is -0.491 e. The molecule has 1 fully saturated rings. The van der Waals surface area contributed by atoms with E-state index in [2.05, 4.69) is 37.2 Å². The smallest absolute Gasteiger partial charge is 0.119 e. The van der Waals surface area contributed by atoms with E-state index in [1.54, 1.807) is 0 Å². The first kappa shape index (κ1) is 16.3. The molecule has 1 saturated heterocycles. The number of aliphatic hydroxyl groups excluding tert-OH is 1. The Hall–Kier alpha value is -1.10. The summed E-state index contributed by atoms with van der Waals surface area (Å²) >= 11 is 0. The average molecular weight is 292 g/mol. The summed E-state index contributed by atoms with van der Waals surface area (Å²) in [4.78, 5) is 2.38. The largest absolute Gasteiger partial charge is 0.491 e. The van der Waals surface area contributed by atoms with Crippen LogP contribution in [-0.4, -0.2) is 55.4 Å². The zero-order valence-corrected chi connectivity index (χ0v) is 13.4. The van der Waals surface area contributed by atoms with Crippen molar-refractivity contribution in [1.29, 1.82) is 0 Å². The summed E-state index contributed by atoms with van der Waals surface area (Å²) in [5, 5.41) is 13.3. The molecule has 1 aromatic carbocycles. The second kappa shape index (κ2) is 7.78. The lowest BCUT2D eigenvalue weighted by Gasteiger charge is -2.21. The predicted octanol–water partition coefficient (Wildman–Crippen LogP) is 1.73. The van der Waals surface area contributed by atoms with E-state index in [0.717, 1.165) is 12.3 Å². The van der Waals surface area contributed by atoms with E-state index >= 15 is 0 Å². The number of hydrogen-bond acceptors (Lipinski definition) is 4. The summed E-state index contributed by atoms with van der Waals surface area (Å²) in [5.74, 6) is 0.835. The van der Waals surface area contributed by atoms with E-state index in [1.165, 1.54) is 30.5 Å². The van der Waals surface area contributed by atoms with Gasteiger partial charge < -0.3 is 20.1 Å². The quantitative estimate of drug-likeness (QED) is 0.803. The van der Waals surface area contributed by atoms with Gasteiger partial charge in [0.1, 0.15) is 18.5 Å². The monoisotopic (exact) mass is 292 g/mol. The lowest BCUT2D eigenvalue weighted by atomic mass is 10.1. The predicted molar refractivity (Wildman–Crippen MR) is 85.9 cm³/mol. The zero-order chi connectivity index (χ0) is 15.2. The van der Waals surface area contributed by atoms with Crippen molar-refractivity contribution in [3.63, 3.8) is 0 Å². The third kappa shape index (κ3) is 5.30. The number of ether oxygens (including phenoxy) is 1. The maximum Gasteiger partial charge on any atom is 0.119 e. The maximum absolute atomic E-state index is 9.99. The number of nitrogens with zero attached hydrogens (tertiary/aromatic N) is 1. The van der Waals surface area contributed by atoms with Crippen molar-refractivity contribution in [2.45, 2.75) is 38.8 Å². The van der Waals surface area contributed by atoms with Gasteiger partial charge in [-0.2, -0.15) is 0 Å². The van der Waals surface area contributed by atoms with Crippen molar-refractivity contribution in [3.8, 4) is 5.75 Å². The Morgan fingerprint density at radius 2 is 2.05 bits per heavy atom. The standard InChI is InChI=1S/C17H28N2O2/c1-13-7-14(2)9-17(8-13)21-12-16(20)11-18-10-15-5-4-6-19(15)3/h7-9,15-16,18,20H,4-6,10-12H2,1-3H3. The Bertz CT molecular complexity index is 430. The highest BCUT2D eigenvalue weighted by atomic mass is 16.5. The van der Waals surface area contributed by atoms with Gasteiger partial charge in [-0.3, -0.25) is 0 Å². The fourth-order valence-corrected chi connectivity index (χ4v) is 2.92. The zero-order valence-electron chi connectivity index (χ0n) is 13.4. The van der Waals surface area contributed by atoms with E-state index in [-0.39, 0.29) is 0 Å². The van der Waals surface area contributed by atoms with Gasteiger partial charge >= 0.3 is 0 Å². The minimum atomic E-state index is -0.475. The molecule has 2 rings (SSSR count). The molecule has 2 atom stereocenters. The van der Waals surface area contributed by atoms with Gasteiger partial charge in [-0.25, -0.2) is 0 Å².